The number of Topliss-reactive ketones (excluding diaryl/α,β-unsaturated/α-hetero) is 1. The molecular weight excluding hydrogens is 474 g/mol. The second-order valence-corrected chi connectivity index (χ2v) is 12.1. The van der Waals surface area contributed by atoms with E-state index in [9.17, 15) is 14.4 Å². The van der Waals surface area contributed by atoms with Crippen LogP contribution in [-0.2, 0) is 25.7 Å². The summed E-state index contributed by atoms with van der Waals surface area (Å²) in [6.07, 6.45) is 14.6. The van der Waals surface area contributed by atoms with E-state index >= 15 is 0 Å². The van der Waals surface area contributed by atoms with Gasteiger partial charge >= 0.3 is 5.97 Å². The molecule has 3 aliphatic rings. The highest BCUT2D eigenvalue weighted by Gasteiger charge is 2.55. The minimum atomic E-state index is -0.744. The third-order valence-electron chi connectivity index (χ3n) is 9.58. The van der Waals surface area contributed by atoms with Gasteiger partial charge in [-0.3, -0.25) is 9.59 Å². The van der Waals surface area contributed by atoms with Crippen LogP contribution in [0.15, 0.2) is 42.0 Å². The lowest BCUT2D eigenvalue weighted by Gasteiger charge is -2.54. The number of ketones is 1. The van der Waals surface area contributed by atoms with Crippen molar-refractivity contribution in [2.75, 3.05) is 0 Å². The number of ether oxygens (including phenoxy) is 1. The van der Waals surface area contributed by atoms with Gasteiger partial charge in [0.15, 0.2) is 5.78 Å². The van der Waals surface area contributed by atoms with E-state index in [0.717, 1.165) is 69.6 Å². The molecule has 210 valence electrons. The van der Waals surface area contributed by atoms with Crippen LogP contribution in [0.4, 0.5) is 0 Å². The summed E-state index contributed by atoms with van der Waals surface area (Å²) < 4.78 is 4.79. The Hall–Kier alpha value is -2.27. The standard InChI is InChI=1S/C24H39NO2.C9H10O2/c1-4-17(3)15-23(13-14-26)12-11-21-19(16-23)9-10-20(5-2)24(21,25)22(27)18-7-6-8-18;1-8(10)11-7-9-5-3-2-4-6-9/h10,14,17-19,21H,4-9,11-13,15-16,25H2,1-3H3;2-6H,7H2,1H3/t17?,19?,21?,23-,24?;/m0./s1. The number of carbonyl (C=O) groups is 3. The summed E-state index contributed by atoms with van der Waals surface area (Å²) in [4.78, 5) is 35.3. The zero-order chi connectivity index (χ0) is 27.8. The second kappa shape index (κ2) is 13.7. The fourth-order valence-corrected chi connectivity index (χ4v) is 7.11. The Morgan fingerprint density at radius 3 is 2.42 bits per heavy atom. The summed E-state index contributed by atoms with van der Waals surface area (Å²) in [6.45, 7) is 8.47. The van der Waals surface area contributed by atoms with Crippen molar-refractivity contribution in [1.82, 2.24) is 0 Å². The summed E-state index contributed by atoms with van der Waals surface area (Å²) in [5.41, 5.74) is 8.60. The van der Waals surface area contributed by atoms with E-state index in [2.05, 4.69) is 26.8 Å². The number of carbonyl (C=O) groups excluding carboxylic acids is 3. The van der Waals surface area contributed by atoms with E-state index in [1.807, 2.05) is 30.3 Å². The molecule has 0 heterocycles. The van der Waals surface area contributed by atoms with Gasteiger partial charge in [-0.2, -0.15) is 0 Å². The van der Waals surface area contributed by atoms with Gasteiger partial charge in [0, 0.05) is 19.3 Å². The van der Waals surface area contributed by atoms with Crippen LogP contribution in [0.2, 0.25) is 0 Å². The summed E-state index contributed by atoms with van der Waals surface area (Å²) in [5, 5.41) is 0. The third kappa shape index (κ3) is 7.02. The molecule has 38 heavy (non-hydrogen) atoms. The van der Waals surface area contributed by atoms with Crippen molar-refractivity contribution in [1.29, 1.82) is 0 Å². The van der Waals surface area contributed by atoms with Gasteiger partial charge in [0.1, 0.15) is 12.9 Å². The molecule has 0 radical (unpaired) electrons. The van der Waals surface area contributed by atoms with E-state index in [1.165, 1.54) is 18.9 Å². The zero-order valence-electron chi connectivity index (χ0n) is 24.0. The highest BCUT2D eigenvalue weighted by molar-refractivity contribution is 5.94. The van der Waals surface area contributed by atoms with Crippen LogP contribution in [0.5, 0.6) is 0 Å². The molecule has 0 saturated heterocycles. The Kier molecular flexibility index (Phi) is 10.9. The normalized spacial score (nSPS) is 29.4. The number of hydrogen-bond acceptors (Lipinski definition) is 5. The molecular formula is C33H49NO4. The van der Waals surface area contributed by atoms with Crippen molar-refractivity contribution < 1.29 is 19.1 Å². The van der Waals surface area contributed by atoms with Crippen LogP contribution in [0.3, 0.4) is 0 Å². The number of esters is 1. The van der Waals surface area contributed by atoms with E-state index in [4.69, 9.17) is 10.5 Å². The first-order valence-corrected chi connectivity index (χ1v) is 14.8. The average Bonchev–Trinajstić information content (AvgIpc) is 2.87. The van der Waals surface area contributed by atoms with Crippen molar-refractivity contribution in [2.24, 2.45) is 34.8 Å². The van der Waals surface area contributed by atoms with Gasteiger partial charge in [-0.25, -0.2) is 0 Å². The maximum atomic E-state index is 13.4. The van der Waals surface area contributed by atoms with E-state index in [1.54, 1.807) is 0 Å². The summed E-state index contributed by atoms with van der Waals surface area (Å²) in [7, 11) is 0. The van der Waals surface area contributed by atoms with Crippen molar-refractivity contribution in [3.05, 3.63) is 47.5 Å². The first-order valence-electron chi connectivity index (χ1n) is 14.8. The average molecular weight is 524 g/mol. The molecule has 0 aliphatic heterocycles. The van der Waals surface area contributed by atoms with Crippen molar-refractivity contribution in [3.63, 3.8) is 0 Å². The van der Waals surface area contributed by atoms with E-state index in [-0.39, 0.29) is 23.2 Å². The Labute approximate surface area is 230 Å². The molecule has 2 N–H and O–H groups in total. The molecule has 1 aromatic carbocycles. The Morgan fingerprint density at radius 2 is 1.87 bits per heavy atom. The molecule has 1 aromatic rings. The molecule has 5 atom stereocenters. The van der Waals surface area contributed by atoms with Crippen LogP contribution < -0.4 is 5.73 Å². The number of fused-ring (bicyclic) bond motifs is 1. The zero-order valence-corrected chi connectivity index (χ0v) is 24.0. The lowest BCUT2D eigenvalue weighted by molar-refractivity contribution is -0.142. The van der Waals surface area contributed by atoms with E-state index in [0.29, 0.717) is 30.6 Å². The maximum absolute atomic E-state index is 13.4. The number of benzene rings is 1. The first kappa shape index (κ1) is 30.3. The molecule has 0 spiro atoms. The van der Waals surface area contributed by atoms with Gasteiger partial charge in [-0.15, -0.1) is 0 Å². The molecule has 2 saturated carbocycles. The highest BCUT2D eigenvalue weighted by Crippen LogP contribution is 2.55. The topological polar surface area (TPSA) is 86.5 Å². The summed E-state index contributed by atoms with van der Waals surface area (Å²) >= 11 is 0. The lowest BCUT2D eigenvalue weighted by atomic mass is 9.52. The molecule has 0 amide bonds. The maximum Gasteiger partial charge on any atom is 0.302 e. The van der Waals surface area contributed by atoms with Gasteiger partial charge in [0.25, 0.3) is 0 Å². The predicted octanol–water partition coefficient (Wildman–Crippen LogP) is 6.97. The van der Waals surface area contributed by atoms with Crippen molar-refractivity contribution in [3.8, 4) is 0 Å². The van der Waals surface area contributed by atoms with E-state index < -0.39 is 5.54 Å². The number of aldehydes is 1. The predicted molar refractivity (Wildman–Crippen MR) is 152 cm³/mol. The molecule has 5 heteroatoms. The van der Waals surface area contributed by atoms with Crippen LogP contribution in [-0.4, -0.2) is 23.6 Å². The largest absolute Gasteiger partial charge is 0.461 e. The van der Waals surface area contributed by atoms with Gasteiger partial charge in [0.2, 0.25) is 0 Å². The monoisotopic (exact) mass is 523 g/mol. The Morgan fingerprint density at radius 1 is 1.16 bits per heavy atom. The van der Waals surface area contributed by atoms with Crippen LogP contribution in [0.25, 0.3) is 0 Å². The number of allylic oxidation sites excluding steroid dienone is 1. The van der Waals surface area contributed by atoms with Gasteiger partial charge in [0.05, 0.1) is 5.54 Å². The fourth-order valence-electron chi connectivity index (χ4n) is 7.11. The summed E-state index contributed by atoms with van der Waals surface area (Å²) in [5.74, 6) is 1.63. The van der Waals surface area contributed by atoms with Gasteiger partial charge < -0.3 is 15.3 Å². The van der Waals surface area contributed by atoms with Gasteiger partial charge in [-0.05, 0) is 85.7 Å². The Balaban J connectivity index is 0.000000304. The lowest BCUT2D eigenvalue weighted by Crippen LogP contribution is -2.63. The smallest absolute Gasteiger partial charge is 0.302 e. The highest BCUT2D eigenvalue weighted by atomic mass is 16.5. The molecule has 0 bridgehead atoms. The molecule has 3 aliphatic carbocycles. The minimum absolute atomic E-state index is 0.121. The Bertz CT molecular complexity index is 968. The third-order valence-corrected chi connectivity index (χ3v) is 9.58. The molecule has 4 rings (SSSR count). The molecule has 5 nitrogen and oxygen atoms in total. The van der Waals surface area contributed by atoms with Gasteiger partial charge in [-0.1, -0.05) is 70.0 Å². The number of rotatable bonds is 10. The minimum Gasteiger partial charge on any atom is -0.461 e. The summed E-state index contributed by atoms with van der Waals surface area (Å²) in [6, 6.07) is 9.60. The SMILES string of the molecule is CC(=O)OCc1ccccc1.CCC1=CCC2C[C@@](CC=O)(CC(C)CC)CCC2C1(N)C(=O)C1CCC1. The number of hydrogen-bond donors (Lipinski definition) is 1. The molecule has 2 fully saturated rings. The van der Waals surface area contributed by atoms with Crippen molar-refractivity contribution in [2.45, 2.75) is 110 Å². The molecule has 0 aromatic heterocycles. The quantitative estimate of drug-likeness (QED) is 0.203. The van der Waals surface area contributed by atoms with Crippen molar-refractivity contribution >= 4 is 18.0 Å². The second-order valence-electron chi connectivity index (χ2n) is 12.1. The fraction of sp³-hybridized carbons (Fsp3) is 0.667. The molecule has 4 unspecified atom stereocenters. The van der Waals surface area contributed by atoms with Crippen LogP contribution in [0, 0.1) is 29.1 Å². The van der Waals surface area contributed by atoms with Crippen LogP contribution in [0.1, 0.15) is 104 Å². The first-order chi connectivity index (χ1) is 18.2. The van der Waals surface area contributed by atoms with Crippen LogP contribution >= 0.6 is 0 Å². The number of nitrogens with two attached hydrogens (primary N) is 1.